The molecule has 134 valence electrons. The van der Waals surface area contributed by atoms with E-state index < -0.39 is 0 Å². The Kier molecular flexibility index (Phi) is 4.66. The van der Waals surface area contributed by atoms with Gasteiger partial charge in [0.1, 0.15) is 11.6 Å². The molecule has 2 fully saturated rings. The number of nitrogens with zero attached hydrogens (tertiary/aromatic N) is 3. The first-order chi connectivity index (χ1) is 12.3. The minimum atomic E-state index is 0.377. The lowest BCUT2D eigenvalue weighted by molar-refractivity contribution is 0.341. The van der Waals surface area contributed by atoms with Gasteiger partial charge in [0.05, 0.1) is 18.8 Å². The average Bonchev–Trinajstić information content (AvgIpc) is 3.41. The minimum absolute atomic E-state index is 0.377. The van der Waals surface area contributed by atoms with E-state index in [4.69, 9.17) is 4.74 Å². The van der Waals surface area contributed by atoms with Crippen LogP contribution in [0.1, 0.15) is 37.5 Å². The van der Waals surface area contributed by atoms with Crippen LogP contribution in [0.4, 0.5) is 5.69 Å². The second kappa shape index (κ2) is 7.08. The van der Waals surface area contributed by atoms with E-state index in [0.29, 0.717) is 12.1 Å². The Morgan fingerprint density at radius 1 is 1.24 bits per heavy atom. The maximum absolute atomic E-state index is 5.56. The molecule has 1 N–H and O–H groups in total. The van der Waals surface area contributed by atoms with Gasteiger partial charge in [-0.25, -0.2) is 4.98 Å². The van der Waals surface area contributed by atoms with E-state index in [2.05, 4.69) is 45.1 Å². The van der Waals surface area contributed by atoms with Crippen molar-refractivity contribution in [2.24, 2.45) is 13.0 Å². The molecule has 5 nitrogen and oxygen atoms in total. The Bertz CT molecular complexity index is 709. The summed E-state index contributed by atoms with van der Waals surface area (Å²) in [7, 11) is 3.85. The Morgan fingerprint density at radius 3 is 2.80 bits per heavy atom. The molecule has 4 rings (SSSR count). The molecule has 1 aliphatic carbocycles. The number of benzene rings is 1. The third-order valence-corrected chi connectivity index (χ3v) is 5.49. The predicted octanol–water partition coefficient (Wildman–Crippen LogP) is 3.14. The lowest BCUT2D eigenvalue weighted by atomic mass is 10.0. The van der Waals surface area contributed by atoms with Gasteiger partial charge in [0.15, 0.2) is 0 Å². The Balaban J connectivity index is 1.48. The fourth-order valence-electron chi connectivity index (χ4n) is 4.00. The van der Waals surface area contributed by atoms with Gasteiger partial charge in [-0.3, -0.25) is 0 Å². The number of nitrogens with one attached hydrogen (secondary N) is 1. The number of para-hydroxylation sites is 2. The van der Waals surface area contributed by atoms with E-state index in [9.17, 15) is 0 Å². The van der Waals surface area contributed by atoms with Gasteiger partial charge in [-0.05, 0) is 43.7 Å². The molecule has 25 heavy (non-hydrogen) atoms. The zero-order chi connectivity index (χ0) is 17.2. The number of rotatable bonds is 6. The third kappa shape index (κ3) is 3.52. The lowest BCUT2D eigenvalue weighted by Gasteiger charge is -2.37. The summed E-state index contributed by atoms with van der Waals surface area (Å²) in [6.07, 6.45) is 9.01. The largest absolute Gasteiger partial charge is 0.495 e. The molecule has 1 aliphatic heterocycles. The van der Waals surface area contributed by atoms with Crippen LogP contribution in [0.5, 0.6) is 5.75 Å². The van der Waals surface area contributed by atoms with Crippen molar-refractivity contribution in [2.45, 2.75) is 37.8 Å². The molecule has 0 radical (unpaired) electrons. The number of piperidine rings is 1. The van der Waals surface area contributed by atoms with Crippen LogP contribution in [0.2, 0.25) is 0 Å². The van der Waals surface area contributed by atoms with Crippen molar-refractivity contribution in [2.75, 3.05) is 25.1 Å². The van der Waals surface area contributed by atoms with Gasteiger partial charge in [0.25, 0.3) is 0 Å². The van der Waals surface area contributed by atoms with Crippen molar-refractivity contribution in [1.29, 1.82) is 0 Å². The second-order valence-corrected chi connectivity index (χ2v) is 7.34. The van der Waals surface area contributed by atoms with Crippen LogP contribution in [-0.4, -0.2) is 35.8 Å². The molecule has 2 aliphatic rings. The smallest absolute Gasteiger partial charge is 0.142 e. The highest BCUT2D eigenvalue weighted by Crippen LogP contribution is 2.41. The first-order valence-corrected chi connectivity index (χ1v) is 9.37. The summed E-state index contributed by atoms with van der Waals surface area (Å²) >= 11 is 0. The summed E-state index contributed by atoms with van der Waals surface area (Å²) in [4.78, 5) is 7.07. The predicted molar refractivity (Wildman–Crippen MR) is 100 cm³/mol. The first-order valence-electron chi connectivity index (χ1n) is 9.37. The Hall–Kier alpha value is -2.01. The molecular weight excluding hydrogens is 312 g/mol. The molecule has 1 saturated heterocycles. The molecule has 1 saturated carbocycles. The average molecular weight is 340 g/mol. The van der Waals surface area contributed by atoms with E-state index in [0.717, 1.165) is 24.8 Å². The molecule has 5 heteroatoms. The summed E-state index contributed by atoms with van der Waals surface area (Å²) in [5.41, 5.74) is 1.21. The van der Waals surface area contributed by atoms with Crippen LogP contribution in [-0.2, 0) is 7.05 Å². The van der Waals surface area contributed by atoms with Crippen molar-refractivity contribution in [1.82, 2.24) is 14.9 Å². The maximum atomic E-state index is 5.56. The lowest BCUT2D eigenvalue weighted by Crippen LogP contribution is -2.47. The molecular formula is C20H28N4O. The summed E-state index contributed by atoms with van der Waals surface area (Å²) in [5, 5.41) is 3.93. The van der Waals surface area contributed by atoms with E-state index in [1.807, 2.05) is 18.3 Å². The molecule has 0 spiro atoms. The van der Waals surface area contributed by atoms with E-state index in [-0.39, 0.29) is 0 Å². The van der Waals surface area contributed by atoms with Gasteiger partial charge >= 0.3 is 0 Å². The number of hydrogen-bond donors (Lipinski definition) is 1. The van der Waals surface area contributed by atoms with Crippen molar-refractivity contribution in [3.8, 4) is 5.75 Å². The van der Waals surface area contributed by atoms with Gasteiger partial charge in [-0.15, -0.1) is 0 Å². The normalized spacial score (nSPS) is 22.0. The van der Waals surface area contributed by atoms with E-state index in [1.54, 1.807) is 7.11 Å². The molecule has 2 aromatic rings. The molecule has 0 bridgehead atoms. The molecule has 1 aromatic heterocycles. The zero-order valence-corrected chi connectivity index (χ0v) is 15.2. The molecule has 0 unspecified atom stereocenters. The molecule has 2 heterocycles. The fourth-order valence-corrected chi connectivity index (χ4v) is 4.00. The van der Waals surface area contributed by atoms with Crippen molar-refractivity contribution in [3.05, 3.63) is 42.5 Å². The Labute approximate surface area is 150 Å². The van der Waals surface area contributed by atoms with Crippen LogP contribution in [0.3, 0.4) is 0 Å². The van der Waals surface area contributed by atoms with Crippen LogP contribution in [0.15, 0.2) is 36.7 Å². The van der Waals surface area contributed by atoms with Gasteiger partial charge in [-0.2, -0.15) is 0 Å². The number of methoxy groups -OCH3 is 1. The number of ether oxygens (including phenoxy) is 1. The van der Waals surface area contributed by atoms with Crippen molar-refractivity contribution < 1.29 is 4.74 Å². The van der Waals surface area contributed by atoms with Gasteiger partial charge < -0.3 is 19.5 Å². The number of anilines is 1. The molecule has 2 atom stereocenters. The standard InChI is InChI=1S/C20H28N4O/c1-23-13-11-21-20(23)19(15-9-10-15)22-16-6-5-12-24(14-16)17-7-3-4-8-18(17)25-2/h3-4,7-8,11,13,15-16,19,22H,5-6,9-10,12,14H2,1-2H3/t16-,19+/m1/s1. The highest BCUT2D eigenvalue weighted by Gasteiger charge is 2.36. The van der Waals surface area contributed by atoms with Crippen molar-refractivity contribution in [3.63, 3.8) is 0 Å². The first kappa shape index (κ1) is 16.5. The van der Waals surface area contributed by atoms with Crippen LogP contribution >= 0.6 is 0 Å². The number of aromatic nitrogens is 2. The summed E-state index contributed by atoms with van der Waals surface area (Å²) in [6, 6.07) is 9.21. The molecule has 1 aromatic carbocycles. The summed E-state index contributed by atoms with van der Waals surface area (Å²) < 4.78 is 7.73. The maximum Gasteiger partial charge on any atom is 0.142 e. The molecule has 0 amide bonds. The Morgan fingerprint density at radius 2 is 2.08 bits per heavy atom. The summed E-state index contributed by atoms with van der Waals surface area (Å²) in [6.45, 7) is 2.11. The van der Waals surface area contributed by atoms with Gasteiger partial charge in [0.2, 0.25) is 0 Å². The van der Waals surface area contributed by atoms with Gasteiger partial charge in [-0.1, -0.05) is 12.1 Å². The monoisotopic (exact) mass is 340 g/mol. The fraction of sp³-hybridized carbons (Fsp3) is 0.550. The SMILES string of the molecule is COc1ccccc1N1CCC[C@@H](N[C@H](c2nccn2C)C2CC2)C1. The minimum Gasteiger partial charge on any atom is -0.495 e. The second-order valence-electron chi connectivity index (χ2n) is 7.34. The summed E-state index contributed by atoms with van der Waals surface area (Å²) in [5.74, 6) is 2.88. The van der Waals surface area contributed by atoms with E-state index in [1.165, 1.54) is 37.2 Å². The topological polar surface area (TPSA) is 42.3 Å². The number of hydrogen-bond acceptors (Lipinski definition) is 4. The van der Waals surface area contributed by atoms with E-state index >= 15 is 0 Å². The quantitative estimate of drug-likeness (QED) is 0.877. The number of imidazole rings is 1. The number of aryl methyl sites for hydroxylation is 1. The highest BCUT2D eigenvalue weighted by molar-refractivity contribution is 5.58. The highest BCUT2D eigenvalue weighted by atomic mass is 16.5. The van der Waals surface area contributed by atoms with Crippen LogP contribution in [0.25, 0.3) is 0 Å². The third-order valence-electron chi connectivity index (χ3n) is 5.49. The van der Waals surface area contributed by atoms with Crippen LogP contribution < -0.4 is 15.0 Å². The van der Waals surface area contributed by atoms with Gasteiger partial charge in [0, 0.05) is 38.6 Å². The van der Waals surface area contributed by atoms with Crippen LogP contribution in [0, 0.1) is 5.92 Å². The zero-order valence-electron chi connectivity index (χ0n) is 15.2. The van der Waals surface area contributed by atoms with Crippen molar-refractivity contribution >= 4 is 5.69 Å².